The first-order chi connectivity index (χ1) is 6.27. The molecule has 1 heterocycles. The van der Waals surface area contributed by atoms with Gasteiger partial charge in [-0.25, -0.2) is 4.98 Å². The van der Waals surface area contributed by atoms with Gasteiger partial charge in [-0.2, -0.15) is 0 Å². The highest BCUT2D eigenvalue weighted by Gasteiger charge is 2.26. The van der Waals surface area contributed by atoms with E-state index in [0.29, 0.717) is 12.3 Å². The van der Waals surface area contributed by atoms with E-state index in [-0.39, 0.29) is 6.10 Å². The van der Waals surface area contributed by atoms with Crippen LogP contribution in [0.4, 0.5) is 0 Å². The standard InChI is InChI=1S/C10H16N2O/c1-12-6-5-11-10(12)7-9(13)8-3-2-4-8/h5-6,8-9,13H,2-4,7H2,1H3. The summed E-state index contributed by atoms with van der Waals surface area (Å²) < 4.78 is 1.97. The maximum Gasteiger partial charge on any atom is 0.110 e. The lowest BCUT2D eigenvalue weighted by molar-refractivity contribution is 0.0609. The minimum absolute atomic E-state index is 0.185. The molecule has 72 valence electrons. The Kier molecular flexibility index (Phi) is 2.36. The van der Waals surface area contributed by atoms with Crippen molar-refractivity contribution < 1.29 is 5.11 Å². The minimum Gasteiger partial charge on any atom is -0.392 e. The highest BCUT2D eigenvalue weighted by Crippen LogP contribution is 2.30. The Morgan fingerprint density at radius 2 is 2.46 bits per heavy atom. The average Bonchev–Trinajstić information content (AvgIpc) is 2.32. The van der Waals surface area contributed by atoms with Crippen LogP contribution in [0, 0.1) is 5.92 Å². The predicted molar refractivity (Wildman–Crippen MR) is 50.3 cm³/mol. The summed E-state index contributed by atoms with van der Waals surface area (Å²) in [6.07, 6.45) is 7.87. The largest absolute Gasteiger partial charge is 0.392 e. The van der Waals surface area contributed by atoms with Crippen molar-refractivity contribution in [2.75, 3.05) is 0 Å². The van der Waals surface area contributed by atoms with Crippen LogP contribution in [-0.2, 0) is 13.5 Å². The molecule has 0 aliphatic heterocycles. The zero-order chi connectivity index (χ0) is 9.26. The van der Waals surface area contributed by atoms with Gasteiger partial charge in [0.25, 0.3) is 0 Å². The molecule has 0 saturated heterocycles. The van der Waals surface area contributed by atoms with Crippen LogP contribution in [0.3, 0.4) is 0 Å². The van der Waals surface area contributed by atoms with Crippen LogP contribution in [-0.4, -0.2) is 20.8 Å². The number of hydrogen-bond donors (Lipinski definition) is 1. The van der Waals surface area contributed by atoms with Gasteiger partial charge in [0.2, 0.25) is 0 Å². The summed E-state index contributed by atoms with van der Waals surface area (Å²) in [5, 5.41) is 9.81. The lowest BCUT2D eigenvalue weighted by atomic mass is 9.80. The van der Waals surface area contributed by atoms with Gasteiger partial charge in [-0.05, 0) is 18.8 Å². The number of rotatable bonds is 3. The van der Waals surface area contributed by atoms with Gasteiger partial charge in [0.05, 0.1) is 6.10 Å². The summed E-state index contributed by atoms with van der Waals surface area (Å²) in [6.45, 7) is 0. The van der Waals surface area contributed by atoms with Gasteiger partial charge in [-0.1, -0.05) is 6.42 Å². The first-order valence-electron chi connectivity index (χ1n) is 4.91. The van der Waals surface area contributed by atoms with Crippen LogP contribution in [0.1, 0.15) is 25.1 Å². The second-order valence-corrected chi connectivity index (χ2v) is 3.92. The summed E-state index contributed by atoms with van der Waals surface area (Å²) in [7, 11) is 1.97. The van der Waals surface area contributed by atoms with Crippen LogP contribution < -0.4 is 0 Å². The smallest absolute Gasteiger partial charge is 0.110 e. The summed E-state index contributed by atoms with van der Waals surface area (Å²) in [5.74, 6) is 1.51. The van der Waals surface area contributed by atoms with E-state index >= 15 is 0 Å². The first kappa shape index (κ1) is 8.75. The molecule has 0 radical (unpaired) electrons. The fourth-order valence-corrected chi connectivity index (χ4v) is 1.77. The van der Waals surface area contributed by atoms with Crippen LogP contribution in [0.5, 0.6) is 0 Å². The molecule has 1 atom stereocenters. The van der Waals surface area contributed by atoms with Crippen molar-refractivity contribution in [3.63, 3.8) is 0 Å². The Labute approximate surface area is 78.4 Å². The van der Waals surface area contributed by atoms with E-state index < -0.39 is 0 Å². The molecule has 1 aliphatic carbocycles. The third-order valence-corrected chi connectivity index (χ3v) is 3.01. The Hall–Kier alpha value is -0.830. The zero-order valence-electron chi connectivity index (χ0n) is 7.98. The van der Waals surface area contributed by atoms with Crippen molar-refractivity contribution in [2.45, 2.75) is 31.8 Å². The van der Waals surface area contributed by atoms with Gasteiger partial charge in [-0.3, -0.25) is 0 Å². The summed E-state index contributed by atoms with van der Waals surface area (Å²) >= 11 is 0. The molecule has 3 nitrogen and oxygen atoms in total. The Bertz CT molecular complexity index is 278. The molecule has 1 aliphatic rings. The molecule has 1 N–H and O–H groups in total. The number of imidazole rings is 1. The summed E-state index contributed by atoms with van der Waals surface area (Å²) in [5.41, 5.74) is 0. The molecule has 0 spiro atoms. The predicted octanol–water partition coefficient (Wildman–Crippen LogP) is 1.12. The molecule has 13 heavy (non-hydrogen) atoms. The van der Waals surface area contributed by atoms with Crippen molar-refractivity contribution in [1.82, 2.24) is 9.55 Å². The molecule has 0 aromatic carbocycles. The lowest BCUT2D eigenvalue weighted by Crippen LogP contribution is -2.29. The highest BCUT2D eigenvalue weighted by atomic mass is 16.3. The second-order valence-electron chi connectivity index (χ2n) is 3.92. The molecule has 1 saturated carbocycles. The number of hydrogen-bond acceptors (Lipinski definition) is 2. The fraction of sp³-hybridized carbons (Fsp3) is 0.700. The normalized spacial score (nSPS) is 19.8. The van der Waals surface area contributed by atoms with Crippen molar-refractivity contribution in [2.24, 2.45) is 13.0 Å². The average molecular weight is 180 g/mol. The molecule has 1 unspecified atom stereocenters. The molecule has 0 bridgehead atoms. The quantitative estimate of drug-likeness (QED) is 0.757. The summed E-state index contributed by atoms with van der Waals surface area (Å²) in [4.78, 5) is 4.20. The lowest BCUT2D eigenvalue weighted by Gasteiger charge is -2.30. The van der Waals surface area contributed by atoms with Gasteiger partial charge >= 0.3 is 0 Å². The molecular formula is C10H16N2O. The van der Waals surface area contributed by atoms with Gasteiger partial charge in [0, 0.05) is 25.9 Å². The third-order valence-electron chi connectivity index (χ3n) is 3.01. The molecule has 3 heteroatoms. The number of aryl methyl sites for hydroxylation is 1. The van der Waals surface area contributed by atoms with E-state index in [0.717, 1.165) is 5.82 Å². The first-order valence-corrected chi connectivity index (χ1v) is 4.91. The van der Waals surface area contributed by atoms with E-state index in [2.05, 4.69) is 4.98 Å². The highest BCUT2D eigenvalue weighted by molar-refractivity contribution is 4.95. The van der Waals surface area contributed by atoms with Gasteiger partial charge in [0.15, 0.2) is 0 Å². The van der Waals surface area contributed by atoms with E-state index in [1.54, 1.807) is 6.20 Å². The van der Waals surface area contributed by atoms with Crippen LogP contribution >= 0.6 is 0 Å². The van der Waals surface area contributed by atoms with Crippen molar-refractivity contribution >= 4 is 0 Å². The topological polar surface area (TPSA) is 38.0 Å². The fourth-order valence-electron chi connectivity index (χ4n) is 1.77. The van der Waals surface area contributed by atoms with Crippen LogP contribution in [0.25, 0.3) is 0 Å². The number of nitrogens with zero attached hydrogens (tertiary/aromatic N) is 2. The van der Waals surface area contributed by atoms with E-state index in [1.165, 1.54) is 19.3 Å². The maximum absolute atomic E-state index is 9.81. The molecular weight excluding hydrogens is 164 g/mol. The monoisotopic (exact) mass is 180 g/mol. The van der Waals surface area contributed by atoms with E-state index in [4.69, 9.17) is 0 Å². The second kappa shape index (κ2) is 3.50. The Morgan fingerprint density at radius 3 is 2.92 bits per heavy atom. The number of aliphatic hydroxyl groups is 1. The van der Waals surface area contributed by atoms with Crippen LogP contribution in [0.15, 0.2) is 12.4 Å². The summed E-state index contributed by atoms with van der Waals surface area (Å²) in [6, 6.07) is 0. The van der Waals surface area contributed by atoms with Crippen LogP contribution in [0.2, 0.25) is 0 Å². The Balaban J connectivity index is 1.93. The number of aromatic nitrogens is 2. The maximum atomic E-state index is 9.81. The van der Waals surface area contributed by atoms with Gasteiger partial charge < -0.3 is 9.67 Å². The molecule has 1 aromatic heterocycles. The van der Waals surface area contributed by atoms with E-state index in [9.17, 15) is 5.11 Å². The molecule has 1 aromatic rings. The molecule has 1 fully saturated rings. The van der Waals surface area contributed by atoms with Gasteiger partial charge in [0.1, 0.15) is 5.82 Å². The molecule has 2 rings (SSSR count). The van der Waals surface area contributed by atoms with E-state index in [1.807, 2.05) is 17.8 Å². The van der Waals surface area contributed by atoms with Crippen molar-refractivity contribution in [1.29, 1.82) is 0 Å². The zero-order valence-corrected chi connectivity index (χ0v) is 7.98. The minimum atomic E-state index is -0.185. The van der Waals surface area contributed by atoms with Crippen molar-refractivity contribution in [3.05, 3.63) is 18.2 Å². The number of aliphatic hydroxyl groups excluding tert-OH is 1. The van der Waals surface area contributed by atoms with Gasteiger partial charge in [-0.15, -0.1) is 0 Å². The molecule has 0 amide bonds. The third kappa shape index (κ3) is 1.75. The SMILES string of the molecule is Cn1ccnc1CC(O)C1CCC1. The van der Waals surface area contributed by atoms with Crippen molar-refractivity contribution in [3.8, 4) is 0 Å². The Morgan fingerprint density at radius 1 is 1.69 bits per heavy atom.